The predicted molar refractivity (Wildman–Crippen MR) is 69.1 cm³/mol. The molecule has 3 aliphatic rings. The zero-order valence-electron chi connectivity index (χ0n) is 11.4. The summed E-state index contributed by atoms with van der Waals surface area (Å²) in [5.41, 5.74) is 0. The summed E-state index contributed by atoms with van der Waals surface area (Å²) >= 11 is 0. The zero-order chi connectivity index (χ0) is 13.1. The van der Waals surface area contributed by atoms with Crippen molar-refractivity contribution in [3.8, 4) is 6.19 Å². The van der Waals surface area contributed by atoms with Gasteiger partial charge >= 0.3 is 0 Å². The highest BCUT2D eigenvalue weighted by molar-refractivity contribution is 4.93. The fraction of sp³-hybridized carbons (Fsp3) is 0.923. The average Bonchev–Trinajstić information content (AvgIpc) is 2.68. The molecular weight excluding hydrogens is 244 g/mol. The Labute approximate surface area is 114 Å². The monoisotopic (exact) mass is 266 g/mol. The maximum absolute atomic E-state index is 8.94. The van der Waals surface area contributed by atoms with Gasteiger partial charge in [0, 0.05) is 52.3 Å². The Hall–Kier alpha value is -0.870. The Kier molecular flexibility index (Phi) is 3.89. The minimum absolute atomic E-state index is 0.213. The molecule has 3 heterocycles. The second-order valence-electron chi connectivity index (χ2n) is 5.37. The highest BCUT2D eigenvalue weighted by Crippen LogP contribution is 2.35. The van der Waals surface area contributed by atoms with Crippen LogP contribution in [0.3, 0.4) is 0 Å². The Morgan fingerprint density at radius 3 is 2.26 bits per heavy atom. The summed E-state index contributed by atoms with van der Waals surface area (Å²) in [6.45, 7) is 7.92. The maximum atomic E-state index is 8.94. The Morgan fingerprint density at radius 1 is 0.895 bits per heavy atom. The van der Waals surface area contributed by atoms with Gasteiger partial charge in [0.1, 0.15) is 0 Å². The quantitative estimate of drug-likeness (QED) is 0.650. The lowest BCUT2D eigenvalue weighted by molar-refractivity contribution is -0.321. The number of nitrogens with zero attached hydrogens (tertiary/aromatic N) is 4. The highest BCUT2D eigenvalue weighted by atomic mass is 16.6. The molecule has 6 nitrogen and oxygen atoms in total. The van der Waals surface area contributed by atoms with E-state index in [0.29, 0.717) is 0 Å². The lowest BCUT2D eigenvalue weighted by atomic mass is 10.1. The van der Waals surface area contributed by atoms with Gasteiger partial charge in [-0.15, -0.1) is 0 Å². The first-order valence-electron chi connectivity index (χ1n) is 7.22. The van der Waals surface area contributed by atoms with E-state index in [4.69, 9.17) is 14.7 Å². The topological polar surface area (TPSA) is 52.0 Å². The first-order chi connectivity index (χ1) is 9.35. The van der Waals surface area contributed by atoms with E-state index in [0.717, 1.165) is 71.9 Å². The van der Waals surface area contributed by atoms with Crippen LogP contribution in [-0.2, 0) is 9.47 Å². The molecule has 0 N–H and O–H groups in total. The van der Waals surface area contributed by atoms with Gasteiger partial charge in [-0.05, 0) is 6.42 Å². The van der Waals surface area contributed by atoms with E-state index >= 15 is 0 Å². The van der Waals surface area contributed by atoms with Gasteiger partial charge in [-0.2, -0.15) is 5.26 Å². The van der Waals surface area contributed by atoms with Crippen LogP contribution in [0.25, 0.3) is 0 Å². The number of hydrogen-bond acceptors (Lipinski definition) is 6. The Bertz CT molecular complexity index is 337. The van der Waals surface area contributed by atoms with Crippen molar-refractivity contribution in [1.82, 2.24) is 14.7 Å². The maximum Gasteiger partial charge on any atom is 0.182 e. The molecule has 1 atom stereocenters. The Morgan fingerprint density at radius 2 is 1.63 bits per heavy atom. The summed E-state index contributed by atoms with van der Waals surface area (Å²) in [7, 11) is 0. The van der Waals surface area contributed by atoms with Crippen LogP contribution in [0.15, 0.2) is 0 Å². The van der Waals surface area contributed by atoms with E-state index in [1.807, 2.05) is 4.90 Å². The molecule has 6 heteroatoms. The van der Waals surface area contributed by atoms with Crippen LogP contribution in [0.1, 0.15) is 12.8 Å². The fourth-order valence-corrected chi connectivity index (χ4v) is 3.23. The molecule has 0 saturated carbocycles. The van der Waals surface area contributed by atoms with Crippen LogP contribution in [0.4, 0.5) is 0 Å². The molecular formula is C13H22N4O2. The van der Waals surface area contributed by atoms with Crippen molar-refractivity contribution in [2.45, 2.75) is 18.7 Å². The van der Waals surface area contributed by atoms with Crippen molar-refractivity contribution in [1.29, 1.82) is 5.26 Å². The molecule has 0 aromatic rings. The lowest BCUT2D eigenvalue weighted by Crippen LogP contribution is -2.70. The molecule has 0 bridgehead atoms. The van der Waals surface area contributed by atoms with Crippen LogP contribution in [-0.4, -0.2) is 79.6 Å². The van der Waals surface area contributed by atoms with E-state index in [1.54, 1.807) is 0 Å². The predicted octanol–water partition coefficient (Wildman–Crippen LogP) is -0.119. The second kappa shape index (κ2) is 5.63. The minimum Gasteiger partial charge on any atom is -0.380 e. The van der Waals surface area contributed by atoms with E-state index in [9.17, 15) is 0 Å². The number of nitriles is 1. The molecule has 0 aromatic carbocycles. The minimum atomic E-state index is -0.213. The van der Waals surface area contributed by atoms with Crippen LogP contribution < -0.4 is 0 Å². The molecule has 19 heavy (non-hydrogen) atoms. The summed E-state index contributed by atoms with van der Waals surface area (Å²) in [6.07, 6.45) is 4.38. The number of hydrogen-bond donors (Lipinski definition) is 0. The van der Waals surface area contributed by atoms with Crippen LogP contribution in [0, 0.1) is 11.5 Å². The number of piperazine rings is 1. The third-order valence-electron chi connectivity index (χ3n) is 4.39. The Balaban J connectivity index is 1.67. The lowest BCUT2D eigenvalue weighted by Gasteiger charge is -2.56. The smallest absolute Gasteiger partial charge is 0.182 e. The third kappa shape index (κ3) is 2.43. The summed E-state index contributed by atoms with van der Waals surface area (Å²) in [5, 5.41) is 8.94. The molecule has 1 unspecified atom stereocenters. The van der Waals surface area contributed by atoms with E-state index in [-0.39, 0.29) is 5.85 Å². The molecule has 0 aliphatic carbocycles. The first-order valence-corrected chi connectivity index (χ1v) is 7.22. The highest BCUT2D eigenvalue weighted by Gasteiger charge is 2.49. The van der Waals surface area contributed by atoms with Crippen molar-refractivity contribution in [3.63, 3.8) is 0 Å². The summed E-state index contributed by atoms with van der Waals surface area (Å²) < 4.78 is 11.6. The molecule has 0 spiro atoms. The molecule has 3 saturated heterocycles. The molecule has 3 aliphatic heterocycles. The van der Waals surface area contributed by atoms with Crippen molar-refractivity contribution in [2.75, 3.05) is 59.1 Å². The largest absolute Gasteiger partial charge is 0.380 e. The molecule has 0 amide bonds. The summed E-state index contributed by atoms with van der Waals surface area (Å²) in [6, 6.07) is 0. The number of ether oxygens (including phenoxy) is 2. The van der Waals surface area contributed by atoms with E-state index in [2.05, 4.69) is 16.0 Å². The standard InChI is InChI=1S/C13H22N4O2/c14-12-15-4-6-17(7-5-15)13(2-10-19-13)16-3-1-9-18-11-8-16/h1-11H2. The van der Waals surface area contributed by atoms with E-state index < -0.39 is 0 Å². The first kappa shape index (κ1) is 13.1. The number of rotatable bonds is 2. The summed E-state index contributed by atoms with van der Waals surface area (Å²) in [4.78, 5) is 6.68. The van der Waals surface area contributed by atoms with Crippen LogP contribution in [0.5, 0.6) is 0 Å². The van der Waals surface area contributed by atoms with Crippen molar-refractivity contribution in [2.24, 2.45) is 0 Å². The van der Waals surface area contributed by atoms with Gasteiger partial charge in [0.25, 0.3) is 0 Å². The SMILES string of the molecule is N#CN1CCN(C2(N3CCCOCC3)CCO2)CC1. The second-order valence-corrected chi connectivity index (χ2v) is 5.37. The van der Waals surface area contributed by atoms with Crippen molar-refractivity contribution >= 4 is 0 Å². The molecule has 106 valence electrons. The fourth-order valence-electron chi connectivity index (χ4n) is 3.23. The summed E-state index contributed by atoms with van der Waals surface area (Å²) in [5.74, 6) is -0.213. The normalized spacial score (nSPS) is 34.4. The zero-order valence-corrected chi connectivity index (χ0v) is 11.4. The van der Waals surface area contributed by atoms with Gasteiger partial charge in [0.15, 0.2) is 12.0 Å². The van der Waals surface area contributed by atoms with E-state index in [1.165, 1.54) is 0 Å². The van der Waals surface area contributed by atoms with Gasteiger partial charge in [-0.25, -0.2) is 0 Å². The molecule has 3 rings (SSSR count). The molecule has 0 radical (unpaired) electrons. The van der Waals surface area contributed by atoms with Gasteiger partial charge in [-0.3, -0.25) is 9.80 Å². The third-order valence-corrected chi connectivity index (χ3v) is 4.39. The van der Waals surface area contributed by atoms with Gasteiger partial charge in [0.2, 0.25) is 0 Å². The van der Waals surface area contributed by atoms with Gasteiger partial charge in [0.05, 0.1) is 13.2 Å². The van der Waals surface area contributed by atoms with Crippen LogP contribution in [0.2, 0.25) is 0 Å². The van der Waals surface area contributed by atoms with Gasteiger partial charge < -0.3 is 14.4 Å². The van der Waals surface area contributed by atoms with Crippen molar-refractivity contribution in [3.05, 3.63) is 0 Å². The van der Waals surface area contributed by atoms with Crippen LogP contribution >= 0.6 is 0 Å². The average molecular weight is 266 g/mol. The molecule has 0 aromatic heterocycles. The van der Waals surface area contributed by atoms with Crippen molar-refractivity contribution < 1.29 is 9.47 Å². The van der Waals surface area contributed by atoms with Gasteiger partial charge in [-0.1, -0.05) is 0 Å². The molecule has 3 fully saturated rings.